The standard InChI is InChI=1S/C14H14FN3OS/c1-9-4-6-11(7-5-9)16-13(20)18-8-12(15)10(2)17(3)14(18)19/h4-8H,2H2,1,3H3,(H,16,20). The molecule has 0 atom stereocenters. The highest BCUT2D eigenvalue weighted by Crippen LogP contribution is 2.22. The summed E-state index contributed by atoms with van der Waals surface area (Å²) in [6.07, 6.45) is 1.04. The third-order valence-corrected chi connectivity index (χ3v) is 3.24. The van der Waals surface area contributed by atoms with Crippen LogP contribution in [0.4, 0.5) is 14.9 Å². The molecular formula is C14H14FN3OS. The number of benzene rings is 1. The number of hydrogen-bond donors (Lipinski definition) is 1. The van der Waals surface area contributed by atoms with E-state index in [0.717, 1.165) is 27.3 Å². The number of aryl methyl sites for hydroxylation is 1. The van der Waals surface area contributed by atoms with E-state index in [4.69, 9.17) is 12.2 Å². The zero-order valence-corrected chi connectivity index (χ0v) is 12.0. The van der Waals surface area contributed by atoms with Gasteiger partial charge >= 0.3 is 6.03 Å². The molecule has 0 aromatic heterocycles. The molecule has 4 nitrogen and oxygen atoms in total. The SMILES string of the molecule is C=C1C(F)=CN(C(=S)Nc2ccc(C)cc2)C(=O)N1C. The van der Waals surface area contributed by atoms with Gasteiger partial charge < -0.3 is 5.32 Å². The molecule has 1 aromatic carbocycles. The fourth-order valence-corrected chi connectivity index (χ4v) is 1.90. The number of nitrogens with one attached hydrogen (secondary N) is 1. The number of amides is 2. The van der Waals surface area contributed by atoms with Crippen molar-refractivity contribution in [1.82, 2.24) is 9.80 Å². The largest absolute Gasteiger partial charge is 0.334 e. The third kappa shape index (κ3) is 2.70. The van der Waals surface area contributed by atoms with Gasteiger partial charge in [0.2, 0.25) is 0 Å². The second-order valence-corrected chi connectivity index (χ2v) is 4.82. The summed E-state index contributed by atoms with van der Waals surface area (Å²) in [5, 5.41) is 3.00. The Balaban J connectivity index is 2.18. The molecule has 0 unspecified atom stereocenters. The lowest BCUT2D eigenvalue weighted by molar-refractivity contribution is 0.201. The maximum absolute atomic E-state index is 13.6. The van der Waals surface area contributed by atoms with Gasteiger partial charge in [0.05, 0.1) is 11.9 Å². The average molecular weight is 291 g/mol. The Labute approximate surface area is 122 Å². The van der Waals surface area contributed by atoms with Crippen LogP contribution in [0.2, 0.25) is 0 Å². The van der Waals surface area contributed by atoms with Crippen molar-refractivity contribution in [3.05, 3.63) is 54.1 Å². The quantitative estimate of drug-likeness (QED) is 0.806. The molecule has 0 saturated heterocycles. The average Bonchev–Trinajstić information content (AvgIpc) is 2.43. The maximum atomic E-state index is 13.6. The highest BCUT2D eigenvalue weighted by atomic mass is 32.1. The van der Waals surface area contributed by atoms with E-state index in [9.17, 15) is 9.18 Å². The highest BCUT2D eigenvalue weighted by Gasteiger charge is 2.29. The Morgan fingerprint density at radius 3 is 2.55 bits per heavy atom. The van der Waals surface area contributed by atoms with Gasteiger partial charge in [-0.3, -0.25) is 4.90 Å². The molecule has 1 aliphatic rings. The first-order valence-corrected chi connectivity index (χ1v) is 6.32. The third-order valence-electron chi connectivity index (χ3n) is 2.94. The minimum absolute atomic E-state index is 0.0179. The number of hydrogen-bond acceptors (Lipinski definition) is 2. The lowest BCUT2D eigenvalue weighted by Gasteiger charge is -2.31. The molecule has 0 bridgehead atoms. The number of rotatable bonds is 1. The van der Waals surface area contributed by atoms with E-state index in [1.165, 1.54) is 7.05 Å². The summed E-state index contributed by atoms with van der Waals surface area (Å²) in [5.41, 5.74) is 1.86. The second-order valence-electron chi connectivity index (χ2n) is 4.43. The van der Waals surface area contributed by atoms with Crippen LogP contribution in [0.1, 0.15) is 5.56 Å². The van der Waals surface area contributed by atoms with E-state index in [2.05, 4.69) is 11.9 Å². The number of likely N-dealkylation sites (N-methyl/N-ethyl adjacent to an activating group) is 1. The van der Waals surface area contributed by atoms with Crippen molar-refractivity contribution in [3.63, 3.8) is 0 Å². The van der Waals surface area contributed by atoms with Crippen molar-refractivity contribution in [2.24, 2.45) is 0 Å². The van der Waals surface area contributed by atoms with Crippen LogP contribution in [-0.4, -0.2) is 28.0 Å². The number of anilines is 1. The van der Waals surface area contributed by atoms with Crippen LogP contribution in [0.5, 0.6) is 0 Å². The molecule has 20 heavy (non-hydrogen) atoms. The molecule has 104 valence electrons. The highest BCUT2D eigenvalue weighted by molar-refractivity contribution is 7.80. The number of carbonyl (C=O) groups excluding carboxylic acids is 1. The van der Waals surface area contributed by atoms with Gasteiger partial charge in [0.25, 0.3) is 0 Å². The van der Waals surface area contributed by atoms with Crippen molar-refractivity contribution >= 4 is 29.0 Å². The summed E-state index contributed by atoms with van der Waals surface area (Å²) in [6, 6.07) is 7.03. The first kappa shape index (κ1) is 14.2. The summed E-state index contributed by atoms with van der Waals surface area (Å²) in [6.45, 7) is 5.45. The van der Waals surface area contributed by atoms with Crippen LogP contribution in [0.15, 0.2) is 48.6 Å². The summed E-state index contributed by atoms with van der Waals surface area (Å²) >= 11 is 5.14. The summed E-state index contributed by atoms with van der Waals surface area (Å²) in [7, 11) is 1.44. The van der Waals surface area contributed by atoms with E-state index < -0.39 is 11.9 Å². The molecule has 0 spiro atoms. The first-order chi connectivity index (χ1) is 9.40. The number of thiocarbonyl (C=S) groups is 1. The number of allylic oxidation sites excluding steroid dienone is 1. The zero-order chi connectivity index (χ0) is 14.9. The summed E-state index contributed by atoms with van der Waals surface area (Å²) in [4.78, 5) is 14.2. The Morgan fingerprint density at radius 2 is 1.95 bits per heavy atom. The minimum Gasteiger partial charge on any atom is -0.332 e. The molecule has 1 aliphatic heterocycles. The van der Waals surface area contributed by atoms with Crippen molar-refractivity contribution in [3.8, 4) is 0 Å². The Kier molecular flexibility index (Phi) is 3.85. The van der Waals surface area contributed by atoms with Gasteiger partial charge in [-0.05, 0) is 31.3 Å². The van der Waals surface area contributed by atoms with Crippen LogP contribution in [0.3, 0.4) is 0 Å². The number of carbonyl (C=O) groups is 1. The normalized spacial score (nSPS) is 15.2. The van der Waals surface area contributed by atoms with Crippen LogP contribution in [-0.2, 0) is 0 Å². The fraction of sp³-hybridized carbons (Fsp3) is 0.143. The van der Waals surface area contributed by atoms with Crippen molar-refractivity contribution in [2.75, 3.05) is 12.4 Å². The van der Waals surface area contributed by atoms with Gasteiger partial charge in [0.15, 0.2) is 10.9 Å². The molecule has 1 N–H and O–H groups in total. The monoisotopic (exact) mass is 291 g/mol. The molecule has 1 heterocycles. The van der Waals surface area contributed by atoms with Crippen LogP contribution < -0.4 is 5.32 Å². The Morgan fingerprint density at radius 1 is 1.35 bits per heavy atom. The molecule has 0 fully saturated rings. The molecule has 0 aliphatic carbocycles. The van der Waals surface area contributed by atoms with Gasteiger partial charge in [-0.2, -0.15) is 0 Å². The van der Waals surface area contributed by atoms with E-state index in [0.29, 0.717) is 0 Å². The molecule has 2 rings (SSSR count). The van der Waals surface area contributed by atoms with E-state index in [1.807, 2.05) is 31.2 Å². The first-order valence-electron chi connectivity index (χ1n) is 5.91. The predicted molar refractivity (Wildman–Crippen MR) is 80.7 cm³/mol. The molecule has 0 saturated carbocycles. The van der Waals surface area contributed by atoms with E-state index in [1.54, 1.807) is 0 Å². The van der Waals surface area contributed by atoms with Crippen LogP contribution in [0.25, 0.3) is 0 Å². The smallest absolute Gasteiger partial charge is 0.332 e. The topological polar surface area (TPSA) is 35.6 Å². The van der Waals surface area contributed by atoms with Gasteiger partial charge in [-0.15, -0.1) is 0 Å². The lowest BCUT2D eigenvalue weighted by Crippen LogP contribution is -2.45. The fourth-order valence-electron chi connectivity index (χ4n) is 1.65. The maximum Gasteiger partial charge on any atom is 0.334 e. The zero-order valence-electron chi connectivity index (χ0n) is 11.2. The van der Waals surface area contributed by atoms with Crippen LogP contribution in [0, 0.1) is 6.92 Å². The Hall–Kier alpha value is -2.21. The molecule has 0 radical (unpaired) electrons. The Bertz CT molecular complexity index is 609. The predicted octanol–water partition coefficient (Wildman–Crippen LogP) is 3.38. The van der Waals surface area contributed by atoms with Gasteiger partial charge in [0.1, 0.15) is 0 Å². The summed E-state index contributed by atoms with van der Waals surface area (Å²) < 4.78 is 13.6. The van der Waals surface area contributed by atoms with Crippen LogP contribution >= 0.6 is 12.2 Å². The number of nitrogens with zero attached hydrogens (tertiary/aromatic N) is 2. The number of urea groups is 1. The van der Waals surface area contributed by atoms with Crippen molar-refractivity contribution in [1.29, 1.82) is 0 Å². The van der Waals surface area contributed by atoms with E-state index in [-0.39, 0.29) is 10.8 Å². The molecular weight excluding hydrogens is 277 g/mol. The van der Waals surface area contributed by atoms with Gasteiger partial charge in [0, 0.05) is 12.7 Å². The van der Waals surface area contributed by atoms with Gasteiger partial charge in [-0.25, -0.2) is 14.1 Å². The minimum atomic E-state index is -0.597. The second kappa shape index (κ2) is 5.42. The van der Waals surface area contributed by atoms with Gasteiger partial charge in [-0.1, -0.05) is 24.3 Å². The van der Waals surface area contributed by atoms with Crippen molar-refractivity contribution in [2.45, 2.75) is 6.92 Å². The van der Waals surface area contributed by atoms with E-state index >= 15 is 0 Å². The molecule has 6 heteroatoms. The lowest BCUT2D eigenvalue weighted by atomic mass is 10.2. The molecule has 1 aromatic rings. The molecule has 2 amide bonds. The summed E-state index contributed by atoms with van der Waals surface area (Å²) in [5.74, 6) is -0.597. The van der Waals surface area contributed by atoms with Crippen molar-refractivity contribution < 1.29 is 9.18 Å². The number of halogens is 1.